The lowest BCUT2D eigenvalue weighted by atomic mass is 10.3. The van der Waals surface area contributed by atoms with E-state index < -0.39 is 5.95 Å². The standard InChI is InChI=1S/C10H13FN2/c1-2-7-5-9(7)13-8-3-4-12-10(11)6-8/h3-4,6-7,9H,2,5H2,1H3,(H,12,13). The molecule has 1 aliphatic rings. The molecule has 1 fully saturated rings. The van der Waals surface area contributed by atoms with Crippen LogP contribution in [0.25, 0.3) is 0 Å². The minimum absolute atomic E-state index is 0.418. The lowest BCUT2D eigenvalue weighted by molar-refractivity contribution is 0.584. The fourth-order valence-electron chi connectivity index (χ4n) is 1.58. The second-order valence-electron chi connectivity index (χ2n) is 3.52. The van der Waals surface area contributed by atoms with E-state index in [9.17, 15) is 4.39 Å². The second kappa shape index (κ2) is 3.32. The quantitative estimate of drug-likeness (QED) is 0.722. The van der Waals surface area contributed by atoms with Crippen molar-refractivity contribution in [3.8, 4) is 0 Å². The van der Waals surface area contributed by atoms with E-state index in [4.69, 9.17) is 0 Å². The molecule has 0 radical (unpaired) electrons. The van der Waals surface area contributed by atoms with Crippen LogP contribution in [0.2, 0.25) is 0 Å². The molecule has 0 amide bonds. The highest BCUT2D eigenvalue weighted by Gasteiger charge is 2.34. The highest BCUT2D eigenvalue weighted by Crippen LogP contribution is 2.35. The first-order valence-electron chi connectivity index (χ1n) is 4.67. The van der Waals surface area contributed by atoms with E-state index in [1.807, 2.05) is 0 Å². The first-order chi connectivity index (χ1) is 6.29. The van der Waals surface area contributed by atoms with Gasteiger partial charge in [-0.25, -0.2) is 4.98 Å². The maximum Gasteiger partial charge on any atom is 0.214 e. The van der Waals surface area contributed by atoms with Crippen LogP contribution in [0.15, 0.2) is 18.3 Å². The molecule has 1 N–H and O–H groups in total. The Morgan fingerprint density at radius 3 is 3.15 bits per heavy atom. The molecule has 0 aliphatic heterocycles. The van der Waals surface area contributed by atoms with Crippen LogP contribution in [-0.4, -0.2) is 11.0 Å². The van der Waals surface area contributed by atoms with Crippen molar-refractivity contribution < 1.29 is 4.39 Å². The van der Waals surface area contributed by atoms with E-state index in [-0.39, 0.29) is 0 Å². The van der Waals surface area contributed by atoms with Gasteiger partial charge in [0.05, 0.1) is 0 Å². The summed E-state index contributed by atoms with van der Waals surface area (Å²) in [7, 11) is 0. The number of anilines is 1. The molecule has 0 bridgehead atoms. The highest BCUT2D eigenvalue weighted by molar-refractivity contribution is 5.43. The Morgan fingerprint density at radius 2 is 2.54 bits per heavy atom. The second-order valence-corrected chi connectivity index (χ2v) is 3.52. The van der Waals surface area contributed by atoms with Crippen molar-refractivity contribution in [2.24, 2.45) is 5.92 Å². The van der Waals surface area contributed by atoms with Crippen molar-refractivity contribution in [2.45, 2.75) is 25.8 Å². The van der Waals surface area contributed by atoms with E-state index in [0.29, 0.717) is 6.04 Å². The topological polar surface area (TPSA) is 24.9 Å². The van der Waals surface area contributed by atoms with Gasteiger partial charge in [-0.05, 0) is 18.4 Å². The zero-order valence-electron chi connectivity index (χ0n) is 7.63. The smallest absolute Gasteiger partial charge is 0.214 e. The van der Waals surface area contributed by atoms with Crippen molar-refractivity contribution >= 4 is 5.69 Å². The molecule has 1 saturated carbocycles. The highest BCUT2D eigenvalue weighted by atomic mass is 19.1. The maximum atomic E-state index is 12.7. The summed E-state index contributed by atoms with van der Waals surface area (Å²) < 4.78 is 12.7. The number of hydrogen-bond donors (Lipinski definition) is 1. The summed E-state index contributed by atoms with van der Waals surface area (Å²) in [5.41, 5.74) is 0.841. The van der Waals surface area contributed by atoms with Crippen LogP contribution in [0.1, 0.15) is 19.8 Å². The molecule has 0 saturated heterocycles. The lowest BCUT2D eigenvalue weighted by Crippen LogP contribution is -2.04. The van der Waals surface area contributed by atoms with Gasteiger partial charge in [-0.1, -0.05) is 13.3 Å². The Labute approximate surface area is 77.2 Å². The number of nitrogens with one attached hydrogen (secondary N) is 1. The Bertz CT molecular complexity index is 301. The Hall–Kier alpha value is -1.12. The largest absolute Gasteiger partial charge is 0.382 e. The van der Waals surface area contributed by atoms with Crippen molar-refractivity contribution in [2.75, 3.05) is 5.32 Å². The average Bonchev–Trinajstić information content (AvgIpc) is 2.83. The Balaban J connectivity index is 1.95. The molecule has 1 aromatic rings. The molecule has 1 aromatic heterocycles. The first-order valence-corrected chi connectivity index (χ1v) is 4.67. The third-order valence-electron chi connectivity index (χ3n) is 2.53. The molecule has 1 aliphatic carbocycles. The molecular formula is C10H13FN2. The summed E-state index contributed by atoms with van der Waals surface area (Å²) in [6, 6.07) is 3.78. The summed E-state index contributed by atoms with van der Waals surface area (Å²) in [6.45, 7) is 2.18. The number of pyridine rings is 1. The van der Waals surface area contributed by atoms with Crippen molar-refractivity contribution in [1.82, 2.24) is 4.98 Å². The van der Waals surface area contributed by atoms with Crippen LogP contribution in [-0.2, 0) is 0 Å². The summed E-state index contributed by atoms with van der Waals surface area (Å²) in [4.78, 5) is 3.50. The lowest BCUT2D eigenvalue weighted by Gasteiger charge is -2.04. The van der Waals surface area contributed by atoms with Gasteiger partial charge in [0.1, 0.15) is 0 Å². The molecule has 2 atom stereocenters. The zero-order valence-corrected chi connectivity index (χ0v) is 7.63. The van der Waals surface area contributed by atoms with Crippen molar-refractivity contribution in [1.29, 1.82) is 0 Å². The molecule has 2 nitrogen and oxygen atoms in total. The van der Waals surface area contributed by atoms with Gasteiger partial charge < -0.3 is 5.32 Å². The first kappa shape index (κ1) is 8.48. The summed E-state index contributed by atoms with van der Waals surface area (Å²) in [5, 5.41) is 3.28. The molecule has 70 valence electrons. The van der Waals surface area contributed by atoms with Crippen LogP contribution in [0.3, 0.4) is 0 Å². The van der Waals surface area contributed by atoms with Crippen LogP contribution in [0.4, 0.5) is 10.1 Å². The predicted molar refractivity (Wildman–Crippen MR) is 50.0 cm³/mol. The molecule has 0 spiro atoms. The number of halogens is 1. The zero-order chi connectivity index (χ0) is 9.26. The van der Waals surface area contributed by atoms with Gasteiger partial charge in [-0.3, -0.25) is 0 Å². The summed E-state index contributed by atoms with van der Waals surface area (Å²) in [6.07, 6.45) is 3.90. The van der Waals surface area contributed by atoms with Gasteiger partial charge in [0.15, 0.2) is 0 Å². The van der Waals surface area contributed by atoms with Gasteiger partial charge in [-0.15, -0.1) is 0 Å². The third kappa shape index (κ3) is 1.97. The van der Waals surface area contributed by atoms with E-state index >= 15 is 0 Å². The fourth-order valence-corrected chi connectivity index (χ4v) is 1.58. The SMILES string of the molecule is CCC1CC1Nc1ccnc(F)c1. The van der Waals surface area contributed by atoms with E-state index in [2.05, 4.69) is 17.2 Å². The van der Waals surface area contributed by atoms with Crippen LogP contribution >= 0.6 is 0 Å². The number of nitrogens with zero attached hydrogens (tertiary/aromatic N) is 1. The molecule has 2 unspecified atom stereocenters. The van der Waals surface area contributed by atoms with E-state index in [1.165, 1.54) is 25.1 Å². The molecule has 1 heterocycles. The maximum absolute atomic E-state index is 12.7. The number of hydrogen-bond acceptors (Lipinski definition) is 2. The Morgan fingerprint density at radius 1 is 1.69 bits per heavy atom. The minimum atomic E-state index is -0.418. The predicted octanol–water partition coefficient (Wildman–Crippen LogP) is 2.43. The molecule has 13 heavy (non-hydrogen) atoms. The van der Waals surface area contributed by atoms with Gasteiger partial charge >= 0.3 is 0 Å². The van der Waals surface area contributed by atoms with Gasteiger partial charge in [0.2, 0.25) is 5.95 Å². The van der Waals surface area contributed by atoms with Crippen molar-refractivity contribution in [3.05, 3.63) is 24.3 Å². The third-order valence-corrected chi connectivity index (χ3v) is 2.53. The molecule has 2 rings (SSSR count). The monoisotopic (exact) mass is 180 g/mol. The van der Waals surface area contributed by atoms with Crippen LogP contribution < -0.4 is 5.32 Å². The fraction of sp³-hybridized carbons (Fsp3) is 0.500. The normalized spacial score (nSPS) is 25.7. The average molecular weight is 180 g/mol. The molecule has 3 heteroatoms. The van der Waals surface area contributed by atoms with Crippen LogP contribution in [0.5, 0.6) is 0 Å². The van der Waals surface area contributed by atoms with Gasteiger partial charge in [0, 0.05) is 24.0 Å². The van der Waals surface area contributed by atoms with E-state index in [1.54, 1.807) is 6.07 Å². The number of rotatable bonds is 3. The molecule has 0 aromatic carbocycles. The number of aromatic nitrogens is 1. The van der Waals surface area contributed by atoms with Crippen LogP contribution in [0, 0.1) is 11.9 Å². The van der Waals surface area contributed by atoms with Gasteiger partial charge in [0.25, 0.3) is 0 Å². The Kier molecular flexibility index (Phi) is 2.17. The molecular weight excluding hydrogens is 167 g/mol. The summed E-state index contributed by atoms with van der Waals surface area (Å²) in [5.74, 6) is 0.356. The van der Waals surface area contributed by atoms with Crippen molar-refractivity contribution in [3.63, 3.8) is 0 Å². The van der Waals surface area contributed by atoms with Gasteiger partial charge in [-0.2, -0.15) is 4.39 Å². The van der Waals surface area contributed by atoms with E-state index in [0.717, 1.165) is 11.6 Å². The minimum Gasteiger partial charge on any atom is -0.382 e. The summed E-state index contributed by atoms with van der Waals surface area (Å²) >= 11 is 0.